The predicted octanol–water partition coefficient (Wildman–Crippen LogP) is 8.36. The fraction of sp³-hybridized carbons (Fsp3) is 0.300. The van der Waals surface area contributed by atoms with Crippen LogP contribution in [0.25, 0.3) is 32.8 Å². The fourth-order valence-corrected chi connectivity index (χ4v) is 8.10. The SMILES string of the molecule is CCOC(=O)c1c(CCCOc2cc(SCc3ccc(OC)cc3)cc3ccccc23)c2ccc(Cl)c(-c3c(CO)nn4c3COCC4)c2n1C. The highest BCUT2D eigenvalue weighted by Crippen LogP contribution is 2.43. The molecule has 0 atom stereocenters. The lowest BCUT2D eigenvalue weighted by molar-refractivity contribution is 0.0514. The number of hydrogen-bond acceptors (Lipinski definition) is 8. The van der Waals surface area contributed by atoms with E-state index in [1.54, 1.807) is 25.8 Å². The molecule has 0 fully saturated rings. The number of esters is 1. The van der Waals surface area contributed by atoms with Crippen LogP contribution in [-0.2, 0) is 48.5 Å². The highest BCUT2D eigenvalue weighted by Gasteiger charge is 2.29. The molecule has 6 aromatic rings. The van der Waals surface area contributed by atoms with Gasteiger partial charge in [-0.15, -0.1) is 11.8 Å². The Kier molecular flexibility index (Phi) is 10.6. The van der Waals surface area contributed by atoms with Crippen LogP contribution in [-0.4, -0.2) is 52.4 Å². The molecule has 0 radical (unpaired) electrons. The van der Waals surface area contributed by atoms with Gasteiger partial charge < -0.3 is 28.6 Å². The zero-order chi connectivity index (χ0) is 35.5. The number of ether oxygens (including phenoxy) is 4. The number of benzene rings is 4. The molecule has 0 aliphatic carbocycles. The van der Waals surface area contributed by atoms with E-state index < -0.39 is 5.97 Å². The van der Waals surface area contributed by atoms with Gasteiger partial charge in [-0.25, -0.2) is 4.79 Å². The molecular formula is C40H40ClN3O6S. The van der Waals surface area contributed by atoms with E-state index in [0.717, 1.165) is 66.2 Å². The van der Waals surface area contributed by atoms with Crippen LogP contribution >= 0.6 is 23.4 Å². The van der Waals surface area contributed by atoms with Gasteiger partial charge in [0.1, 0.15) is 17.2 Å². The van der Waals surface area contributed by atoms with Crippen molar-refractivity contribution in [3.63, 3.8) is 0 Å². The van der Waals surface area contributed by atoms with Gasteiger partial charge in [0.25, 0.3) is 0 Å². The van der Waals surface area contributed by atoms with Crippen LogP contribution in [0.5, 0.6) is 11.5 Å². The zero-order valence-electron chi connectivity index (χ0n) is 28.9. The minimum absolute atomic E-state index is 0.249. The summed E-state index contributed by atoms with van der Waals surface area (Å²) in [5, 5.41) is 18.6. The third-order valence-electron chi connectivity index (χ3n) is 9.28. The van der Waals surface area contributed by atoms with Crippen LogP contribution in [0, 0.1) is 0 Å². The number of aryl methyl sites for hydroxylation is 2. The van der Waals surface area contributed by atoms with E-state index >= 15 is 0 Å². The van der Waals surface area contributed by atoms with Gasteiger partial charge in [0.05, 0.1) is 68.6 Å². The Bertz CT molecular complexity index is 2210. The Morgan fingerprint density at radius 1 is 1.06 bits per heavy atom. The second kappa shape index (κ2) is 15.4. The number of rotatable bonds is 13. The van der Waals surface area contributed by atoms with Crippen molar-refractivity contribution in [3.8, 4) is 22.6 Å². The summed E-state index contributed by atoms with van der Waals surface area (Å²) in [7, 11) is 3.53. The van der Waals surface area contributed by atoms with Crippen molar-refractivity contribution in [2.45, 2.75) is 50.2 Å². The molecule has 0 unspecified atom stereocenters. The van der Waals surface area contributed by atoms with E-state index in [1.165, 1.54) is 5.56 Å². The average molecular weight is 726 g/mol. The first-order valence-electron chi connectivity index (χ1n) is 17.1. The van der Waals surface area contributed by atoms with Gasteiger partial charge in [0, 0.05) is 39.6 Å². The number of aliphatic hydroxyl groups excluding tert-OH is 1. The molecule has 7 rings (SSSR count). The molecule has 0 saturated heterocycles. The van der Waals surface area contributed by atoms with Gasteiger partial charge in [-0.2, -0.15) is 5.10 Å². The Morgan fingerprint density at radius 2 is 1.88 bits per heavy atom. The summed E-state index contributed by atoms with van der Waals surface area (Å²) in [6, 6.07) is 24.5. The Morgan fingerprint density at radius 3 is 2.67 bits per heavy atom. The summed E-state index contributed by atoms with van der Waals surface area (Å²) in [5.41, 5.74) is 6.17. The first kappa shape index (κ1) is 34.9. The summed E-state index contributed by atoms with van der Waals surface area (Å²) in [5.74, 6) is 2.09. The number of hydrogen-bond donors (Lipinski definition) is 1. The second-order valence-electron chi connectivity index (χ2n) is 12.4. The summed E-state index contributed by atoms with van der Waals surface area (Å²) >= 11 is 8.71. The second-order valence-corrected chi connectivity index (χ2v) is 13.8. The lowest BCUT2D eigenvalue weighted by atomic mass is 9.97. The Hall–Kier alpha value is -4.48. The van der Waals surface area contributed by atoms with E-state index in [-0.39, 0.29) is 13.2 Å². The lowest BCUT2D eigenvalue weighted by Gasteiger charge is -2.17. The quantitative estimate of drug-likeness (QED) is 0.0721. The molecule has 4 aromatic carbocycles. The zero-order valence-corrected chi connectivity index (χ0v) is 30.5. The van der Waals surface area contributed by atoms with E-state index in [1.807, 2.05) is 52.7 Å². The van der Waals surface area contributed by atoms with Crippen molar-refractivity contribution < 1.29 is 28.8 Å². The monoisotopic (exact) mass is 725 g/mol. The molecule has 3 heterocycles. The third kappa shape index (κ3) is 6.93. The number of aromatic nitrogens is 3. The van der Waals surface area contributed by atoms with Crippen molar-refractivity contribution in [3.05, 3.63) is 106 Å². The van der Waals surface area contributed by atoms with E-state index in [9.17, 15) is 9.90 Å². The normalized spacial score (nSPS) is 12.7. The molecule has 9 nitrogen and oxygen atoms in total. The first-order chi connectivity index (χ1) is 24.9. The summed E-state index contributed by atoms with van der Waals surface area (Å²) in [6.45, 7) is 3.72. The van der Waals surface area contributed by atoms with Gasteiger partial charge in [0.2, 0.25) is 0 Å². The minimum Gasteiger partial charge on any atom is -0.497 e. The molecule has 0 amide bonds. The van der Waals surface area contributed by atoms with Crippen molar-refractivity contribution in [2.75, 3.05) is 26.9 Å². The molecule has 1 aliphatic rings. The Balaban J connectivity index is 1.18. The van der Waals surface area contributed by atoms with E-state index in [4.69, 9.17) is 30.5 Å². The summed E-state index contributed by atoms with van der Waals surface area (Å²) in [6.07, 6.45) is 1.22. The average Bonchev–Trinajstić information content (AvgIpc) is 3.67. The smallest absolute Gasteiger partial charge is 0.355 e. The van der Waals surface area contributed by atoms with Gasteiger partial charge in [-0.3, -0.25) is 4.68 Å². The largest absolute Gasteiger partial charge is 0.497 e. The maximum Gasteiger partial charge on any atom is 0.355 e. The van der Waals surface area contributed by atoms with Gasteiger partial charge in [-0.05, 0) is 66.6 Å². The van der Waals surface area contributed by atoms with Crippen molar-refractivity contribution in [2.24, 2.45) is 7.05 Å². The number of fused-ring (bicyclic) bond motifs is 3. The van der Waals surface area contributed by atoms with Gasteiger partial charge in [-0.1, -0.05) is 54.1 Å². The molecular weight excluding hydrogens is 686 g/mol. The van der Waals surface area contributed by atoms with E-state index in [2.05, 4.69) is 41.5 Å². The number of carbonyl (C=O) groups excluding carboxylic acids is 1. The highest BCUT2D eigenvalue weighted by atomic mass is 35.5. The van der Waals surface area contributed by atoms with Crippen molar-refractivity contribution >= 4 is 51.0 Å². The van der Waals surface area contributed by atoms with Gasteiger partial charge >= 0.3 is 5.97 Å². The summed E-state index contributed by atoms with van der Waals surface area (Å²) < 4.78 is 26.9. The number of halogens is 1. The molecule has 264 valence electrons. The summed E-state index contributed by atoms with van der Waals surface area (Å²) in [4.78, 5) is 14.7. The molecule has 11 heteroatoms. The van der Waals surface area contributed by atoms with Crippen molar-refractivity contribution in [1.82, 2.24) is 14.3 Å². The lowest BCUT2D eigenvalue weighted by Crippen LogP contribution is -2.17. The van der Waals surface area contributed by atoms with Crippen LogP contribution in [0.1, 0.15) is 46.3 Å². The number of nitrogens with zero attached hydrogens (tertiary/aromatic N) is 3. The number of thioether (sulfide) groups is 1. The van der Waals surface area contributed by atoms with Crippen molar-refractivity contribution in [1.29, 1.82) is 0 Å². The maximum absolute atomic E-state index is 13.5. The molecule has 0 bridgehead atoms. The Labute approximate surface area is 306 Å². The predicted molar refractivity (Wildman–Crippen MR) is 201 cm³/mol. The molecule has 2 aromatic heterocycles. The van der Waals surface area contributed by atoms with Crippen LogP contribution in [0.15, 0.2) is 77.7 Å². The number of methoxy groups -OCH3 is 1. The molecule has 0 saturated carbocycles. The number of aliphatic hydroxyl groups is 1. The number of carbonyl (C=O) groups is 1. The van der Waals surface area contributed by atoms with Gasteiger partial charge in [0.15, 0.2) is 0 Å². The van der Waals surface area contributed by atoms with Crippen LogP contribution in [0.4, 0.5) is 0 Å². The molecule has 1 N–H and O–H groups in total. The van der Waals surface area contributed by atoms with E-state index in [0.29, 0.717) is 55.6 Å². The van der Waals surface area contributed by atoms with Crippen LogP contribution < -0.4 is 9.47 Å². The minimum atomic E-state index is -0.399. The highest BCUT2D eigenvalue weighted by molar-refractivity contribution is 7.98. The van der Waals surface area contributed by atoms with Crippen LogP contribution in [0.2, 0.25) is 5.02 Å². The van der Waals surface area contributed by atoms with Crippen LogP contribution in [0.3, 0.4) is 0 Å². The first-order valence-corrected chi connectivity index (χ1v) is 18.4. The maximum atomic E-state index is 13.5. The fourth-order valence-electron chi connectivity index (χ4n) is 6.92. The molecule has 0 spiro atoms. The standard InChI is InChI=1S/C40H40ClN3O6S/c1-4-49-40(46)39-30(31-15-16-32(41)36(38(31)43(39)2)37-33(22-45)42-44-17-19-48-23-34(37)44)10-7-18-50-35-21-28(20-26-8-5-6-9-29(26)35)51-24-25-11-13-27(47-3)14-12-25/h5-6,8-9,11-16,20-21,45H,4,7,10,17-19,22-24H2,1-3H3. The third-order valence-corrected chi connectivity index (χ3v) is 10.6. The molecule has 1 aliphatic heterocycles. The molecule has 51 heavy (non-hydrogen) atoms. The topological polar surface area (TPSA) is 97.0 Å².